The fourth-order valence-corrected chi connectivity index (χ4v) is 4.96. The molecule has 0 atom stereocenters. The molecule has 2 aliphatic carbocycles. The lowest BCUT2D eigenvalue weighted by Crippen LogP contribution is -2.25. The predicted octanol–water partition coefficient (Wildman–Crippen LogP) is 2.38. The number of hydrogen-bond acceptors (Lipinski definition) is 3. The molecular formula is C12H6O2S2. The summed E-state index contributed by atoms with van der Waals surface area (Å²) in [6.07, 6.45) is 1.84. The van der Waals surface area contributed by atoms with Crippen molar-refractivity contribution in [3.05, 3.63) is 56.2 Å². The van der Waals surface area contributed by atoms with E-state index in [1.165, 1.54) is 0 Å². The van der Waals surface area contributed by atoms with Crippen molar-refractivity contribution < 1.29 is 8.42 Å². The summed E-state index contributed by atoms with van der Waals surface area (Å²) in [5, 5.41) is 0. The zero-order valence-electron chi connectivity index (χ0n) is 8.06. The van der Waals surface area contributed by atoms with Crippen LogP contribution in [-0.2, 0) is 9.84 Å². The topological polar surface area (TPSA) is 34.1 Å². The van der Waals surface area contributed by atoms with E-state index in [0.717, 1.165) is 22.3 Å². The highest BCUT2D eigenvalue weighted by molar-refractivity contribution is 8.03. The molecule has 4 aliphatic rings. The van der Waals surface area contributed by atoms with Crippen molar-refractivity contribution in [2.45, 2.75) is 0 Å². The molecule has 5 rings (SSSR count). The van der Waals surface area contributed by atoms with Crippen molar-refractivity contribution in [2.75, 3.05) is 0 Å². The zero-order valence-corrected chi connectivity index (χ0v) is 9.77. The van der Waals surface area contributed by atoms with Crippen LogP contribution in [0.5, 0.6) is 0 Å². The van der Waals surface area contributed by atoms with Gasteiger partial charge >= 0.3 is 0 Å². The van der Waals surface area contributed by atoms with Crippen molar-refractivity contribution >= 4 is 33.6 Å². The Hall–Kier alpha value is -1.26. The third-order valence-corrected chi connectivity index (χ3v) is 5.66. The second-order valence-electron chi connectivity index (χ2n) is 4.06. The molecule has 0 unspecified atom stereocenters. The Morgan fingerprint density at radius 3 is 2.19 bits per heavy atom. The van der Waals surface area contributed by atoms with Crippen LogP contribution in [0, 0.1) is 0 Å². The van der Waals surface area contributed by atoms with Gasteiger partial charge in [0, 0.05) is 16.1 Å². The van der Waals surface area contributed by atoms with Crippen molar-refractivity contribution in [3.63, 3.8) is 0 Å². The minimum Gasteiger partial charge on any atom is -0.218 e. The van der Waals surface area contributed by atoms with E-state index in [4.69, 9.17) is 0 Å². The highest BCUT2D eigenvalue weighted by Gasteiger charge is 2.48. The fourth-order valence-electron chi connectivity index (χ4n) is 2.53. The maximum absolute atomic E-state index is 12.0. The first-order valence-electron chi connectivity index (χ1n) is 4.86. The van der Waals surface area contributed by atoms with E-state index >= 15 is 0 Å². The Balaban J connectivity index is 2.29. The van der Waals surface area contributed by atoms with Gasteiger partial charge in [-0.05, 0) is 17.2 Å². The summed E-state index contributed by atoms with van der Waals surface area (Å²) in [6.45, 7) is 0. The molecule has 0 radical (unpaired) electrons. The van der Waals surface area contributed by atoms with Gasteiger partial charge in [0.05, 0.1) is 9.81 Å². The molecule has 4 bridgehead atoms. The molecule has 2 nitrogen and oxygen atoms in total. The van der Waals surface area contributed by atoms with Crippen LogP contribution in [0.4, 0.5) is 0 Å². The summed E-state index contributed by atoms with van der Waals surface area (Å²) < 4.78 is 24.1. The van der Waals surface area contributed by atoms with Crippen molar-refractivity contribution in [3.8, 4) is 0 Å². The lowest BCUT2D eigenvalue weighted by atomic mass is 10.0. The van der Waals surface area contributed by atoms with Crippen molar-refractivity contribution in [1.29, 1.82) is 0 Å². The molecule has 1 aromatic carbocycles. The molecule has 2 aliphatic heterocycles. The summed E-state index contributed by atoms with van der Waals surface area (Å²) in [4.78, 5) is 1.43. The van der Waals surface area contributed by atoms with Gasteiger partial charge in [-0.25, -0.2) is 8.42 Å². The Morgan fingerprint density at radius 2 is 1.56 bits per heavy atom. The lowest BCUT2D eigenvalue weighted by molar-refractivity contribution is 0.607. The van der Waals surface area contributed by atoms with E-state index in [1.807, 2.05) is 30.3 Å². The average Bonchev–Trinajstić information content (AvgIpc) is 2.41. The van der Waals surface area contributed by atoms with Gasteiger partial charge in [-0.3, -0.25) is 0 Å². The van der Waals surface area contributed by atoms with Crippen LogP contribution in [0.15, 0.2) is 45.1 Å². The minimum absolute atomic E-state index is 0.391. The highest BCUT2D eigenvalue weighted by Crippen LogP contribution is 2.57. The highest BCUT2D eigenvalue weighted by atomic mass is 32.2. The molecule has 16 heavy (non-hydrogen) atoms. The first kappa shape index (κ1) is 8.84. The summed E-state index contributed by atoms with van der Waals surface area (Å²) in [7, 11) is -3.23. The van der Waals surface area contributed by atoms with E-state index < -0.39 is 9.84 Å². The van der Waals surface area contributed by atoms with E-state index in [-0.39, 0.29) is 0 Å². The third kappa shape index (κ3) is 0.739. The van der Waals surface area contributed by atoms with Crippen LogP contribution in [0.3, 0.4) is 0 Å². The summed E-state index contributed by atoms with van der Waals surface area (Å²) in [5.41, 5.74) is 3.55. The molecule has 0 saturated carbocycles. The van der Waals surface area contributed by atoms with Gasteiger partial charge in [0.1, 0.15) is 0 Å². The predicted molar refractivity (Wildman–Crippen MR) is 66.3 cm³/mol. The van der Waals surface area contributed by atoms with Gasteiger partial charge in [-0.15, -0.1) is 12.6 Å². The first-order valence-corrected chi connectivity index (χ1v) is 6.79. The summed E-state index contributed by atoms with van der Waals surface area (Å²) >= 11 is 4.28. The monoisotopic (exact) mass is 246 g/mol. The molecule has 0 spiro atoms. The largest absolute Gasteiger partial charge is 0.218 e. The van der Waals surface area contributed by atoms with E-state index in [2.05, 4.69) is 12.6 Å². The second-order valence-corrected chi connectivity index (χ2v) is 6.36. The van der Waals surface area contributed by atoms with Gasteiger partial charge in [0.2, 0.25) is 9.84 Å². The Bertz CT molecular complexity index is 745. The Kier molecular flexibility index (Phi) is 1.30. The van der Waals surface area contributed by atoms with Gasteiger partial charge in [-0.2, -0.15) is 0 Å². The maximum atomic E-state index is 12.0. The smallest absolute Gasteiger partial charge is 0.209 e. The van der Waals surface area contributed by atoms with Crippen LogP contribution in [0.2, 0.25) is 0 Å². The molecule has 0 saturated heterocycles. The third-order valence-electron chi connectivity index (χ3n) is 3.23. The van der Waals surface area contributed by atoms with Crippen molar-refractivity contribution in [2.24, 2.45) is 0 Å². The van der Waals surface area contributed by atoms with Crippen molar-refractivity contribution in [1.82, 2.24) is 0 Å². The number of thiol groups is 1. The number of hydrogen-bond donors (Lipinski definition) is 1. The fraction of sp³-hybridized carbons (Fsp3) is 0. The summed E-state index contributed by atoms with van der Waals surface area (Å²) in [5.74, 6) is 0. The Labute approximate surface area is 98.3 Å². The number of allylic oxidation sites excluding steroid dienone is 3. The molecule has 0 aromatic heterocycles. The molecule has 0 amide bonds. The molecule has 4 heteroatoms. The van der Waals surface area contributed by atoms with Gasteiger partial charge in [-0.1, -0.05) is 24.3 Å². The second kappa shape index (κ2) is 2.36. The number of sulfone groups is 1. The SMILES string of the molecule is O=S1(=O)c2c(S)cc3c1c2-c1ccc-3cc1. The lowest BCUT2D eigenvalue weighted by Gasteiger charge is -2.31. The molecular weight excluding hydrogens is 240 g/mol. The number of fused-ring (bicyclic) bond motifs is 3. The number of benzene rings is 1. The van der Waals surface area contributed by atoms with Gasteiger partial charge < -0.3 is 0 Å². The molecule has 2 heterocycles. The van der Waals surface area contributed by atoms with Crippen LogP contribution in [0.25, 0.3) is 11.1 Å². The van der Waals surface area contributed by atoms with E-state index in [1.54, 1.807) is 0 Å². The molecule has 78 valence electrons. The van der Waals surface area contributed by atoms with Crippen LogP contribution < -0.4 is 0 Å². The first-order chi connectivity index (χ1) is 7.60. The van der Waals surface area contributed by atoms with Crippen LogP contribution in [0.1, 0.15) is 11.1 Å². The number of rotatable bonds is 0. The quantitative estimate of drug-likeness (QED) is 0.713. The average molecular weight is 246 g/mol. The Morgan fingerprint density at radius 1 is 0.938 bits per heavy atom. The van der Waals surface area contributed by atoms with Crippen LogP contribution >= 0.6 is 12.6 Å². The molecule has 0 N–H and O–H groups in total. The molecule has 1 aromatic rings. The standard InChI is InChI=1S/C12H6O2S2/c13-16(14)11-8-5-9(15)12(16)10(11)7-3-1-6(8)2-4-7/h1-5,15H. The van der Waals surface area contributed by atoms with E-state index in [9.17, 15) is 8.42 Å². The van der Waals surface area contributed by atoms with Gasteiger partial charge in [0.25, 0.3) is 0 Å². The van der Waals surface area contributed by atoms with E-state index in [0.29, 0.717) is 14.7 Å². The maximum Gasteiger partial charge on any atom is 0.209 e. The van der Waals surface area contributed by atoms with Crippen LogP contribution in [-0.4, -0.2) is 8.42 Å². The molecule has 0 fully saturated rings. The zero-order chi connectivity index (χ0) is 11.1. The normalized spacial score (nSPS) is 22.9. The minimum atomic E-state index is -3.23. The van der Waals surface area contributed by atoms with Gasteiger partial charge in [0.15, 0.2) is 0 Å². The summed E-state index contributed by atoms with van der Waals surface area (Å²) in [6, 6.07) is 7.84.